The third kappa shape index (κ3) is 2.14. The van der Waals surface area contributed by atoms with Gasteiger partial charge in [-0.2, -0.15) is 0 Å². The number of aryl methyl sites for hydroxylation is 1. The van der Waals surface area contributed by atoms with Gasteiger partial charge in [0.25, 0.3) is 0 Å². The van der Waals surface area contributed by atoms with Crippen LogP contribution < -0.4 is 16.2 Å². The van der Waals surface area contributed by atoms with Crippen molar-refractivity contribution in [1.82, 2.24) is 14.5 Å². The lowest BCUT2D eigenvalue weighted by atomic mass is 10.0. The lowest BCUT2D eigenvalue weighted by molar-refractivity contribution is 0.415. The Labute approximate surface area is 122 Å². The van der Waals surface area contributed by atoms with Crippen molar-refractivity contribution in [2.75, 3.05) is 18.6 Å². The quantitative estimate of drug-likeness (QED) is 0.714. The average molecular weight is 283 g/mol. The highest BCUT2D eigenvalue weighted by Gasteiger charge is 2.17. The summed E-state index contributed by atoms with van der Waals surface area (Å²) in [4.78, 5) is 8.49. The molecular weight excluding hydrogens is 266 g/mol. The molecule has 0 saturated heterocycles. The molecule has 4 N–H and O–H groups in total. The van der Waals surface area contributed by atoms with Gasteiger partial charge in [-0.25, -0.2) is 4.98 Å². The Morgan fingerprint density at radius 1 is 1.33 bits per heavy atom. The first kappa shape index (κ1) is 13.2. The minimum Gasteiger partial charge on any atom is -0.494 e. The normalized spacial score (nSPS) is 11.0. The summed E-state index contributed by atoms with van der Waals surface area (Å²) in [5.74, 6) is 1.11. The molecule has 0 atom stereocenters. The van der Waals surface area contributed by atoms with Gasteiger partial charge < -0.3 is 20.8 Å². The molecule has 3 rings (SSSR count). The van der Waals surface area contributed by atoms with E-state index in [4.69, 9.17) is 16.2 Å². The minimum absolute atomic E-state index is 0.411. The summed E-state index contributed by atoms with van der Waals surface area (Å²) in [6.45, 7) is 0. The minimum atomic E-state index is 0.411. The van der Waals surface area contributed by atoms with E-state index in [1.165, 1.54) is 0 Å². The number of nitrogen functional groups attached to an aromatic ring is 2. The number of nitrogens with two attached hydrogens (primary N) is 2. The van der Waals surface area contributed by atoms with Crippen LogP contribution in [0.2, 0.25) is 0 Å². The molecular formula is C15H17N5O. The van der Waals surface area contributed by atoms with Crippen molar-refractivity contribution >= 4 is 22.7 Å². The predicted octanol–water partition coefficient (Wildman–Crippen LogP) is 1.73. The second kappa shape index (κ2) is 4.97. The number of aromatic nitrogens is 3. The Bertz CT molecular complexity index is 795. The van der Waals surface area contributed by atoms with E-state index in [0.717, 1.165) is 16.6 Å². The highest BCUT2D eigenvalue weighted by atomic mass is 16.5. The van der Waals surface area contributed by atoms with Gasteiger partial charge in [0, 0.05) is 31.4 Å². The molecule has 3 aromatic rings. The molecule has 0 saturated carbocycles. The smallest absolute Gasteiger partial charge is 0.201 e. The molecule has 6 heteroatoms. The number of hydrogen-bond acceptors (Lipinski definition) is 5. The molecule has 0 aliphatic rings. The van der Waals surface area contributed by atoms with E-state index in [1.54, 1.807) is 17.9 Å². The fourth-order valence-corrected chi connectivity index (χ4v) is 2.56. The third-order valence-corrected chi connectivity index (χ3v) is 3.56. The maximum Gasteiger partial charge on any atom is 0.201 e. The zero-order chi connectivity index (χ0) is 15.0. The number of anilines is 2. The van der Waals surface area contributed by atoms with E-state index in [1.807, 2.05) is 31.4 Å². The molecule has 1 aromatic carbocycles. The van der Waals surface area contributed by atoms with E-state index in [9.17, 15) is 0 Å². The van der Waals surface area contributed by atoms with Crippen molar-refractivity contribution in [1.29, 1.82) is 0 Å². The zero-order valence-corrected chi connectivity index (χ0v) is 12.0. The van der Waals surface area contributed by atoms with Gasteiger partial charge in [-0.1, -0.05) is 6.07 Å². The lowest BCUT2D eigenvalue weighted by Crippen LogP contribution is -2.01. The Balaban J connectivity index is 2.19. The summed E-state index contributed by atoms with van der Waals surface area (Å²) < 4.78 is 7.31. The largest absolute Gasteiger partial charge is 0.494 e. The van der Waals surface area contributed by atoms with Crippen LogP contribution in [0, 0.1) is 0 Å². The van der Waals surface area contributed by atoms with Crippen LogP contribution in [0.5, 0.6) is 5.75 Å². The highest BCUT2D eigenvalue weighted by molar-refractivity contribution is 5.95. The van der Waals surface area contributed by atoms with Gasteiger partial charge in [0.05, 0.1) is 18.3 Å². The second-order valence-corrected chi connectivity index (χ2v) is 4.92. The van der Waals surface area contributed by atoms with Crippen LogP contribution in [0.15, 0.2) is 30.6 Å². The SMILES string of the molecule is COc1c(Cc2cccnc2)cc(N)c2c1nc(N)n2C. The molecule has 0 amide bonds. The summed E-state index contributed by atoms with van der Waals surface area (Å²) in [7, 11) is 3.46. The van der Waals surface area contributed by atoms with Crippen molar-refractivity contribution in [3.05, 3.63) is 41.7 Å². The summed E-state index contributed by atoms with van der Waals surface area (Å²) >= 11 is 0. The maximum absolute atomic E-state index is 6.16. The topological polar surface area (TPSA) is 92.0 Å². The van der Waals surface area contributed by atoms with Crippen molar-refractivity contribution in [2.24, 2.45) is 7.05 Å². The van der Waals surface area contributed by atoms with Gasteiger partial charge in [-0.05, 0) is 17.7 Å². The first-order chi connectivity index (χ1) is 10.1. The first-order valence-electron chi connectivity index (χ1n) is 6.58. The van der Waals surface area contributed by atoms with Crippen LogP contribution in [-0.2, 0) is 13.5 Å². The number of ether oxygens (including phenoxy) is 1. The van der Waals surface area contributed by atoms with Crippen LogP contribution in [0.25, 0.3) is 11.0 Å². The fourth-order valence-electron chi connectivity index (χ4n) is 2.56. The molecule has 0 radical (unpaired) electrons. The molecule has 21 heavy (non-hydrogen) atoms. The average Bonchev–Trinajstić information content (AvgIpc) is 2.77. The molecule has 0 spiro atoms. The van der Waals surface area contributed by atoms with Crippen LogP contribution in [0.1, 0.15) is 11.1 Å². The molecule has 0 bridgehead atoms. The molecule has 2 aromatic heterocycles. The molecule has 2 heterocycles. The zero-order valence-electron chi connectivity index (χ0n) is 12.0. The number of benzene rings is 1. The number of fused-ring (bicyclic) bond motifs is 1. The van der Waals surface area contributed by atoms with Crippen molar-refractivity contribution in [2.45, 2.75) is 6.42 Å². The first-order valence-corrected chi connectivity index (χ1v) is 6.58. The van der Waals surface area contributed by atoms with E-state index in [2.05, 4.69) is 9.97 Å². The van der Waals surface area contributed by atoms with Crippen LogP contribution in [-0.4, -0.2) is 21.6 Å². The van der Waals surface area contributed by atoms with E-state index < -0.39 is 0 Å². The predicted molar refractivity (Wildman–Crippen MR) is 83.1 cm³/mol. The summed E-state index contributed by atoms with van der Waals surface area (Å²) in [6.07, 6.45) is 4.25. The van der Waals surface area contributed by atoms with Gasteiger partial charge in [0.15, 0.2) is 0 Å². The van der Waals surface area contributed by atoms with Crippen LogP contribution in [0.4, 0.5) is 11.6 Å². The molecule has 0 fully saturated rings. The molecule has 108 valence electrons. The van der Waals surface area contributed by atoms with Crippen molar-refractivity contribution < 1.29 is 4.74 Å². The molecule has 6 nitrogen and oxygen atoms in total. The maximum atomic E-state index is 6.16. The Kier molecular flexibility index (Phi) is 3.13. The molecule has 0 aliphatic carbocycles. The molecule has 0 unspecified atom stereocenters. The molecule has 0 aliphatic heterocycles. The van der Waals surface area contributed by atoms with Crippen LogP contribution >= 0.6 is 0 Å². The highest BCUT2D eigenvalue weighted by Crippen LogP contribution is 2.35. The van der Waals surface area contributed by atoms with E-state index >= 15 is 0 Å². The van der Waals surface area contributed by atoms with Crippen molar-refractivity contribution in [3.8, 4) is 5.75 Å². The number of nitrogens with zero attached hydrogens (tertiary/aromatic N) is 3. The fraction of sp³-hybridized carbons (Fsp3) is 0.200. The van der Waals surface area contributed by atoms with Gasteiger partial charge in [0.2, 0.25) is 5.95 Å². The van der Waals surface area contributed by atoms with Gasteiger partial charge in [0.1, 0.15) is 11.3 Å². The third-order valence-electron chi connectivity index (χ3n) is 3.56. The number of rotatable bonds is 3. The standard InChI is InChI=1S/C15H17N5O/c1-20-13-11(16)7-10(6-9-4-3-5-18-8-9)14(21-2)12(13)19-15(20)17/h3-5,7-8H,6,16H2,1-2H3,(H2,17,19). The van der Waals surface area contributed by atoms with E-state index in [0.29, 0.717) is 29.3 Å². The number of pyridine rings is 1. The van der Waals surface area contributed by atoms with Crippen molar-refractivity contribution in [3.63, 3.8) is 0 Å². The van der Waals surface area contributed by atoms with Gasteiger partial charge in [-0.15, -0.1) is 0 Å². The summed E-state index contributed by atoms with van der Waals surface area (Å²) in [5, 5.41) is 0. The van der Waals surface area contributed by atoms with E-state index in [-0.39, 0.29) is 0 Å². The Morgan fingerprint density at radius 3 is 2.81 bits per heavy atom. The monoisotopic (exact) mass is 283 g/mol. The van der Waals surface area contributed by atoms with Gasteiger partial charge >= 0.3 is 0 Å². The Morgan fingerprint density at radius 2 is 2.14 bits per heavy atom. The Hall–Kier alpha value is -2.76. The number of methoxy groups -OCH3 is 1. The number of hydrogen-bond donors (Lipinski definition) is 2. The summed E-state index contributed by atoms with van der Waals surface area (Å²) in [6, 6.07) is 5.83. The summed E-state index contributed by atoms with van der Waals surface area (Å²) in [5.41, 5.74) is 16.2. The van der Waals surface area contributed by atoms with Crippen LogP contribution in [0.3, 0.4) is 0 Å². The lowest BCUT2D eigenvalue weighted by Gasteiger charge is -2.11. The second-order valence-electron chi connectivity index (χ2n) is 4.92. The van der Waals surface area contributed by atoms with Gasteiger partial charge in [-0.3, -0.25) is 4.98 Å². The number of imidazole rings is 1.